The molecule has 0 aromatic carbocycles. The Kier molecular flexibility index (Phi) is 8.10. The van der Waals surface area contributed by atoms with E-state index < -0.39 is 0 Å². The van der Waals surface area contributed by atoms with Gasteiger partial charge in [0.05, 0.1) is 16.9 Å². The standard InChI is InChI=1S/C15H21BrN6OS.HI/c1-17-15(18-7-11-4-5-12(16)24-11)19-10-3-6-14-20-13(9-23-2)21-22(14)8-10;/h4-5,10H,3,6-9H2,1-2H3,(H2,17,18,19);1H. The molecule has 138 valence electrons. The quantitative estimate of drug-likeness (QED) is 0.346. The van der Waals surface area contributed by atoms with Crippen LogP contribution >= 0.6 is 51.2 Å². The molecule has 0 bridgehead atoms. The Morgan fingerprint density at radius 2 is 2.36 bits per heavy atom. The first-order valence-electron chi connectivity index (χ1n) is 7.81. The van der Waals surface area contributed by atoms with Gasteiger partial charge in [0.15, 0.2) is 11.8 Å². The molecule has 10 heteroatoms. The third-order valence-electron chi connectivity index (χ3n) is 3.80. The van der Waals surface area contributed by atoms with Crippen molar-refractivity contribution in [1.29, 1.82) is 0 Å². The first-order valence-corrected chi connectivity index (χ1v) is 9.42. The third-order valence-corrected chi connectivity index (χ3v) is 5.42. The fourth-order valence-electron chi connectivity index (χ4n) is 2.67. The van der Waals surface area contributed by atoms with E-state index in [2.05, 4.69) is 53.8 Å². The minimum Gasteiger partial charge on any atom is -0.377 e. The molecule has 0 saturated carbocycles. The second-order valence-corrected chi connectivity index (χ2v) is 8.12. The van der Waals surface area contributed by atoms with E-state index in [4.69, 9.17) is 4.74 Å². The highest BCUT2D eigenvalue weighted by atomic mass is 127. The maximum Gasteiger partial charge on any atom is 0.191 e. The number of nitrogens with one attached hydrogen (secondary N) is 2. The summed E-state index contributed by atoms with van der Waals surface area (Å²) in [6.07, 6.45) is 1.92. The molecule has 0 saturated heterocycles. The molecule has 0 radical (unpaired) electrons. The molecule has 0 spiro atoms. The number of rotatable bonds is 5. The van der Waals surface area contributed by atoms with E-state index in [0.29, 0.717) is 6.61 Å². The van der Waals surface area contributed by atoms with Crippen molar-refractivity contribution in [3.63, 3.8) is 0 Å². The number of hydrogen-bond donors (Lipinski definition) is 2. The van der Waals surface area contributed by atoms with Gasteiger partial charge in [0.25, 0.3) is 0 Å². The van der Waals surface area contributed by atoms with Gasteiger partial charge in [0, 0.05) is 31.5 Å². The van der Waals surface area contributed by atoms with Crippen molar-refractivity contribution < 1.29 is 4.74 Å². The molecule has 2 aromatic rings. The summed E-state index contributed by atoms with van der Waals surface area (Å²) in [6, 6.07) is 4.45. The molecule has 1 atom stereocenters. The van der Waals surface area contributed by atoms with Crippen molar-refractivity contribution in [3.8, 4) is 0 Å². The van der Waals surface area contributed by atoms with Crippen molar-refractivity contribution in [2.45, 2.75) is 38.6 Å². The molecule has 2 aromatic heterocycles. The van der Waals surface area contributed by atoms with E-state index in [1.54, 1.807) is 25.5 Å². The van der Waals surface area contributed by atoms with Crippen LogP contribution in [0.3, 0.4) is 0 Å². The van der Waals surface area contributed by atoms with Gasteiger partial charge < -0.3 is 15.4 Å². The zero-order valence-electron chi connectivity index (χ0n) is 14.2. The van der Waals surface area contributed by atoms with E-state index in [-0.39, 0.29) is 30.0 Å². The maximum absolute atomic E-state index is 5.10. The molecule has 0 amide bonds. The first-order chi connectivity index (χ1) is 11.7. The van der Waals surface area contributed by atoms with Crippen LogP contribution in [0.25, 0.3) is 0 Å². The van der Waals surface area contributed by atoms with E-state index >= 15 is 0 Å². The van der Waals surface area contributed by atoms with E-state index in [1.165, 1.54) is 4.88 Å². The van der Waals surface area contributed by atoms with Gasteiger partial charge in [0.2, 0.25) is 0 Å². The smallest absolute Gasteiger partial charge is 0.191 e. The maximum atomic E-state index is 5.10. The van der Waals surface area contributed by atoms with Crippen molar-refractivity contribution in [2.24, 2.45) is 4.99 Å². The van der Waals surface area contributed by atoms with Crippen molar-refractivity contribution in [1.82, 2.24) is 25.4 Å². The Balaban J connectivity index is 0.00000225. The van der Waals surface area contributed by atoms with Crippen LogP contribution < -0.4 is 10.6 Å². The summed E-state index contributed by atoms with van der Waals surface area (Å²) in [5.74, 6) is 2.59. The number of nitrogens with zero attached hydrogens (tertiary/aromatic N) is 4. The second-order valence-electron chi connectivity index (χ2n) is 5.57. The number of aromatic nitrogens is 3. The lowest BCUT2D eigenvalue weighted by Gasteiger charge is -2.25. The highest BCUT2D eigenvalue weighted by Crippen LogP contribution is 2.21. The van der Waals surface area contributed by atoms with Crippen LogP contribution in [0.1, 0.15) is 22.9 Å². The monoisotopic (exact) mass is 540 g/mol. The van der Waals surface area contributed by atoms with Gasteiger partial charge >= 0.3 is 0 Å². The molecule has 2 N–H and O–H groups in total. The summed E-state index contributed by atoms with van der Waals surface area (Å²) in [7, 11) is 3.45. The van der Waals surface area contributed by atoms with Crippen molar-refractivity contribution in [2.75, 3.05) is 14.2 Å². The number of ether oxygens (including phenoxy) is 1. The van der Waals surface area contributed by atoms with Crippen LogP contribution in [0.2, 0.25) is 0 Å². The number of aryl methyl sites for hydroxylation is 1. The molecular weight excluding hydrogens is 519 g/mol. The Morgan fingerprint density at radius 3 is 3.04 bits per heavy atom. The van der Waals surface area contributed by atoms with Crippen LogP contribution in [-0.2, 0) is 30.9 Å². The van der Waals surface area contributed by atoms with Gasteiger partial charge in [-0.3, -0.25) is 4.99 Å². The van der Waals surface area contributed by atoms with Gasteiger partial charge in [0.1, 0.15) is 12.4 Å². The van der Waals surface area contributed by atoms with Crippen LogP contribution in [0.4, 0.5) is 0 Å². The van der Waals surface area contributed by atoms with Crippen LogP contribution in [-0.4, -0.2) is 40.9 Å². The summed E-state index contributed by atoms with van der Waals surface area (Å²) < 4.78 is 8.22. The molecule has 1 aliphatic heterocycles. The third kappa shape index (κ3) is 5.63. The molecule has 7 nitrogen and oxygen atoms in total. The summed E-state index contributed by atoms with van der Waals surface area (Å²) in [6.45, 7) is 2.00. The average molecular weight is 541 g/mol. The van der Waals surface area contributed by atoms with Crippen molar-refractivity contribution in [3.05, 3.63) is 32.4 Å². The molecule has 3 rings (SSSR count). The summed E-state index contributed by atoms with van der Waals surface area (Å²) in [5.41, 5.74) is 0. The fourth-order valence-corrected chi connectivity index (χ4v) is 4.10. The number of hydrogen-bond acceptors (Lipinski definition) is 5. The van der Waals surface area contributed by atoms with Gasteiger partial charge in [-0.15, -0.1) is 35.3 Å². The Bertz CT molecular complexity index is 719. The molecule has 25 heavy (non-hydrogen) atoms. The minimum absolute atomic E-state index is 0. The lowest BCUT2D eigenvalue weighted by atomic mass is 10.1. The number of halogens is 2. The zero-order chi connectivity index (χ0) is 16.9. The van der Waals surface area contributed by atoms with E-state index in [0.717, 1.165) is 47.3 Å². The molecule has 3 heterocycles. The SMILES string of the molecule is CN=C(NCc1ccc(Br)s1)NC1CCc2nc(COC)nn2C1.I. The Hall–Kier alpha value is -0.720. The van der Waals surface area contributed by atoms with Crippen LogP contribution in [0.5, 0.6) is 0 Å². The fraction of sp³-hybridized carbons (Fsp3) is 0.533. The van der Waals surface area contributed by atoms with Gasteiger partial charge in [-0.2, -0.15) is 5.10 Å². The molecule has 0 aliphatic carbocycles. The number of methoxy groups -OCH3 is 1. The molecule has 0 fully saturated rings. The predicted octanol–water partition coefficient (Wildman–Crippen LogP) is 2.55. The van der Waals surface area contributed by atoms with E-state index in [1.807, 2.05) is 4.68 Å². The van der Waals surface area contributed by atoms with E-state index in [9.17, 15) is 0 Å². The average Bonchev–Trinajstić information content (AvgIpc) is 3.16. The van der Waals surface area contributed by atoms with Crippen molar-refractivity contribution >= 4 is 57.2 Å². The van der Waals surface area contributed by atoms with Gasteiger partial charge in [-0.1, -0.05) is 0 Å². The minimum atomic E-state index is 0. The largest absolute Gasteiger partial charge is 0.377 e. The molecular formula is C15H22BrIN6OS. The number of aliphatic imine (C=N–C) groups is 1. The molecule has 1 aliphatic rings. The van der Waals surface area contributed by atoms with Crippen LogP contribution in [0, 0.1) is 0 Å². The number of thiophene rings is 1. The predicted molar refractivity (Wildman–Crippen MR) is 114 cm³/mol. The second kappa shape index (κ2) is 9.83. The summed E-state index contributed by atoms with van der Waals surface area (Å²) in [5, 5.41) is 11.3. The summed E-state index contributed by atoms with van der Waals surface area (Å²) in [4.78, 5) is 10.1. The normalized spacial score (nSPS) is 16.9. The van der Waals surface area contributed by atoms with Gasteiger partial charge in [-0.05, 0) is 34.5 Å². The number of guanidine groups is 1. The van der Waals surface area contributed by atoms with Crippen LogP contribution in [0.15, 0.2) is 20.9 Å². The lowest BCUT2D eigenvalue weighted by Crippen LogP contribution is -2.46. The number of fused-ring (bicyclic) bond motifs is 1. The first kappa shape index (κ1) is 20.6. The zero-order valence-corrected chi connectivity index (χ0v) is 18.9. The lowest BCUT2D eigenvalue weighted by molar-refractivity contribution is 0.177. The Morgan fingerprint density at radius 1 is 1.52 bits per heavy atom. The topological polar surface area (TPSA) is 76.4 Å². The highest BCUT2D eigenvalue weighted by Gasteiger charge is 2.22. The summed E-state index contributed by atoms with van der Waals surface area (Å²) >= 11 is 5.21. The highest BCUT2D eigenvalue weighted by molar-refractivity contribution is 14.0. The Labute approximate surface area is 176 Å². The molecule has 1 unspecified atom stereocenters. The van der Waals surface area contributed by atoms with Gasteiger partial charge in [-0.25, -0.2) is 9.67 Å².